The first-order valence-electron chi connectivity index (χ1n) is 0. The zero-order valence-corrected chi connectivity index (χ0v) is 15.1. The molecule has 0 N–H and O–H groups in total. The van der Waals surface area contributed by atoms with E-state index in [1.54, 1.807) is 0 Å². The predicted octanol–water partition coefficient (Wildman–Crippen LogP) is -2.41. The Hall–Kier alpha value is 4.94. The fourth-order valence-electron chi connectivity index (χ4n) is 0. The van der Waals surface area contributed by atoms with E-state index in [-0.39, 0.29) is 156 Å². The molecule has 3 radical (unpaired) electrons. The smallest absolute Gasteiger partial charge is 2.00 e. The van der Waals surface area contributed by atoms with Crippen molar-refractivity contribution in [1.29, 1.82) is 0 Å². The Kier molecular flexibility index (Phi) is 150. The van der Waals surface area contributed by atoms with E-state index in [1.807, 2.05) is 0 Å². The van der Waals surface area contributed by atoms with Gasteiger partial charge < -0.3 is 5.71 Å². The van der Waals surface area contributed by atoms with Crippen LogP contribution >= 0.6 is 0 Å². The summed E-state index contributed by atoms with van der Waals surface area (Å²) < 4.78 is 0. The summed E-state index contributed by atoms with van der Waals surface area (Å²) >= 11 is 0. The van der Waals surface area contributed by atoms with Crippen molar-refractivity contribution in [3.8, 4) is 0 Å². The molecule has 0 fully saturated rings. The van der Waals surface area contributed by atoms with Gasteiger partial charge in [-0.2, -0.15) is 0 Å². The second-order valence-corrected chi connectivity index (χ2v) is 0. The first-order chi connectivity index (χ1) is 0. The molecule has 0 aliphatic carbocycles. The van der Waals surface area contributed by atoms with E-state index in [4.69, 9.17) is 0 Å². The summed E-state index contributed by atoms with van der Waals surface area (Å²) in [6, 6.07) is 0. The molecule has 0 unspecified atom stereocenters. The van der Waals surface area contributed by atoms with Crippen LogP contribution in [0.3, 0.4) is 0 Å². The summed E-state index contributed by atoms with van der Waals surface area (Å²) in [7, 11) is 0. The molecule has 0 aromatic carbocycles. The van der Waals surface area contributed by atoms with Crippen molar-refractivity contribution in [3.63, 3.8) is 0 Å². The van der Waals surface area contributed by atoms with Gasteiger partial charge in [0.05, 0.1) is 0 Å². The molecule has 0 bridgehead atoms. The molecule has 0 aromatic rings. The predicted molar refractivity (Wildman–Crippen MR) is 34.4 cm³/mol. The Morgan fingerprint density at radius 2 is 1.20 bits per heavy atom. The minimum Gasteiger partial charge on any atom is 2.00 e. The van der Waals surface area contributed by atoms with E-state index >= 15 is 0 Å². The molecule has 5 heteroatoms. The van der Waals surface area contributed by atoms with E-state index in [2.05, 4.69) is 0 Å². The maximum atomic E-state index is 0. The minimum atomic E-state index is 0. The van der Waals surface area contributed by atoms with Gasteiger partial charge in [0.2, 0.25) is 0 Å². The molecule has 0 spiro atoms. The molecule has 0 amide bonds. The van der Waals surface area contributed by atoms with Gasteiger partial charge in [-0.05, 0) is 0 Å². The minimum absolute atomic E-state index is 0. The van der Waals surface area contributed by atoms with E-state index in [9.17, 15) is 0 Å². The summed E-state index contributed by atoms with van der Waals surface area (Å²) in [5.74, 6) is 0. The SMILES string of the molecule is [Ag].[AlH3].[Ca+2].[H-].[H-].[H-].[H-].[PbH2].[Sr+2]. The average Bonchev–Trinajstić information content (AvgIpc) is 0. The molecule has 0 aliphatic heterocycles. The zero-order chi connectivity index (χ0) is 0. The van der Waals surface area contributed by atoms with Crippen LogP contribution in [0.2, 0.25) is 0 Å². The van der Waals surface area contributed by atoms with Crippen LogP contribution in [0.5, 0.6) is 0 Å². The molecule has 0 aromatic heterocycles. The van der Waals surface area contributed by atoms with Gasteiger partial charge in [-0.25, -0.2) is 0 Å². The van der Waals surface area contributed by atoms with Crippen LogP contribution in [0, 0.1) is 0 Å². The van der Waals surface area contributed by atoms with E-state index < -0.39 is 0 Å². The third-order valence-electron chi connectivity index (χ3n) is 0. The molecule has 31 valence electrons. The molecule has 0 heterocycles. The monoisotopic (exact) mass is 479 g/mol. The Balaban J connectivity index is 0. The van der Waals surface area contributed by atoms with Crippen molar-refractivity contribution in [2.45, 2.75) is 0 Å². The van der Waals surface area contributed by atoms with E-state index in [1.165, 1.54) is 0 Å². The van der Waals surface area contributed by atoms with Gasteiger partial charge in [-0.3, -0.25) is 0 Å². The van der Waals surface area contributed by atoms with Crippen molar-refractivity contribution in [2.75, 3.05) is 0 Å². The Bertz CT molecular complexity index is 20.5. The van der Waals surface area contributed by atoms with Gasteiger partial charge in [-0.15, -0.1) is 0 Å². The summed E-state index contributed by atoms with van der Waals surface area (Å²) in [6.45, 7) is 0. The Morgan fingerprint density at radius 3 is 1.20 bits per heavy atom. The molecule has 0 saturated carbocycles. The number of rotatable bonds is 0. The molecule has 0 rings (SSSR count). The number of hydrogen-bond acceptors (Lipinski definition) is 0. The molecule has 0 nitrogen and oxygen atoms in total. The fourth-order valence-corrected chi connectivity index (χ4v) is 0. The third-order valence-corrected chi connectivity index (χ3v) is 0. The average molecular weight is 479 g/mol. The largest absolute Gasteiger partial charge is 2.00 e. The van der Waals surface area contributed by atoms with Gasteiger partial charge in [0, 0.05) is 22.4 Å². The number of hydrogen-bond donors (Lipinski definition) is 0. The third kappa shape index (κ3) is 17.6. The van der Waals surface area contributed by atoms with Crippen molar-refractivity contribution in [3.05, 3.63) is 0 Å². The van der Waals surface area contributed by atoms with Gasteiger partial charge in [0.1, 0.15) is 0 Å². The summed E-state index contributed by atoms with van der Waals surface area (Å²) in [4.78, 5) is 0. The molecular weight excluding hydrogens is 470 g/mol. The van der Waals surface area contributed by atoms with E-state index in [0.29, 0.717) is 0 Å². The summed E-state index contributed by atoms with van der Waals surface area (Å²) in [5.41, 5.74) is 0. The van der Waals surface area contributed by atoms with Crippen LogP contribution in [0.1, 0.15) is 5.71 Å². The maximum absolute atomic E-state index is 0. The van der Waals surface area contributed by atoms with Crippen LogP contribution in [-0.4, -0.2) is 128 Å². The first-order valence-corrected chi connectivity index (χ1v) is 0. The zero-order valence-electron chi connectivity index (χ0n) is 6.42. The van der Waals surface area contributed by atoms with Crippen LogP contribution in [0.4, 0.5) is 0 Å². The van der Waals surface area contributed by atoms with Crippen LogP contribution in [-0.2, 0) is 22.4 Å². The van der Waals surface area contributed by atoms with Crippen molar-refractivity contribution >= 4 is 128 Å². The molecule has 0 atom stereocenters. The first kappa shape index (κ1) is 32.6. The van der Waals surface area contributed by atoms with Crippen LogP contribution in [0.25, 0.3) is 0 Å². The van der Waals surface area contributed by atoms with Gasteiger partial charge in [0.25, 0.3) is 0 Å². The van der Waals surface area contributed by atoms with Gasteiger partial charge in [-0.1, -0.05) is 0 Å². The molecule has 0 saturated heterocycles. The van der Waals surface area contributed by atoms with Crippen molar-refractivity contribution in [1.82, 2.24) is 0 Å². The summed E-state index contributed by atoms with van der Waals surface area (Å²) in [5, 5.41) is 0. The molecular formula is H9AgAlCaPbSr. The Morgan fingerprint density at radius 1 is 1.20 bits per heavy atom. The molecule has 5 heavy (non-hydrogen) atoms. The second-order valence-electron chi connectivity index (χ2n) is 0. The summed E-state index contributed by atoms with van der Waals surface area (Å²) in [6.07, 6.45) is 0. The van der Waals surface area contributed by atoms with Crippen molar-refractivity contribution in [2.24, 2.45) is 0 Å². The maximum Gasteiger partial charge on any atom is 2.00 e. The quantitative estimate of drug-likeness (QED) is 0.340. The van der Waals surface area contributed by atoms with Crippen LogP contribution < -0.4 is 0 Å². The normalized spacial score (nSPS) is 0. The molecule has 0 aliphatic rings. The standard InChI is InChI=1S/Ag.Al.Ca.Pb.Sr.9H/q;;+2;;+2;;;;;;4*-1. The van der Waals surface area contributed by atoms with Crippen molar-refractivity contribution < 1.29 is 28.1 Å². The van der Waals surface area contributed by atoms with Gasteiger partial charge >= 0.3 is 111 Å². The van der Waals surface area contributed by atoms with Crippen LogP contribution in [0.15, 0.2) is 0 Å². The second kappa shape index (κ2) is 23.1. The fraction of sp³-hybridized carbons (Fsp3) is 0. The Labute approximate surface area is 152 Å². The topological polar surface area (TPSA) is 0 Å². The van der Waals surface area contributed by atoms with E-state index in [0.717, 1.165) is 0 Å². The van der Waals surface area contributed by atoms with Gasteiger partial charge in [0.15, 0.2) is 17.4 Å².